The molecule has 0 spiro atoms. The van der Waals surface area contributed by atoms with E-state index in [1.54, 1.807) is 6.07 Å². The summed E-state index contributed by atoms with van der Waals surface area (Å²) < 4.78 is 8.08. The predicted molar refractivity (Wildman–Crippen MR) is 135 cm³/mol. The van der Waals surface area contributed by atoms with Crippen molar-refractivity contribution in [2.45, 2.75) is 26.2 Å². The average Bonchev–Trinajstić information content (AvgIpc) is 3.48. The van der Waals surface area contributed by atoms with Gasteiger partial charge in [-0.25, -0.2) is 4.98 Å². The lowest BCUT2D eigenvalue weighted by Gasteiger charge is -2.22. The average molecular weight is 467 g/mol. The number of allylic oxidation sites excluding steroid dienone is 1. The standard InChI is InChI=1S/C28H23ClN4O/c29-28-10-4-8-25(32-28)26-15-21(23-16-30-33-13-5-9-27(23)33)22-14-20(11-12-24(22)31-26)18-34-17-19-6-2-1-3-7-19/h1-4,6-12,14-16,31H,5,13,17-18H2. The van der Waals surface area contributed by atoms with E-state index in [4.69, 9.17) is 16.3 Å². The zero-order chi connectivity index (χ0) is 22.9. The number of aromatic nitrogens is 3. The number of hydrogen-bond acceptors (Lipinski definition) is 4. The number of benzene rings is 2. The quantitative estimate of drug-likeness (QED) is 0.440. The highest BCUT2D eigenvalue weighted by molar-refractivity contribution is 6.29. The molecule has 0 saturated carbocycles. The Bertz CT molecular complexity index is 1520. The van der Waals surface area contributed by atoms with Crippen molar-refractivity contribution < 1.29 is 4.74 Å². The lowest BCUT2D eigenvalue weighted by atomic mass is 9.94. The van der Waals surface area contributed by atoms with E-state index in [0.717, 1.165) is 52.0 Å². The molecule has 0 bridgehead atoms. The number of fused-ring (bicyclic) bond motifs is 2. The Morgan fingerprint density at radius 1 is 0.971 bits per heavy atom. The van der Waals surface area contributed by atoms with E-state index in [0.29, 0.717) is 18.4 Å². The summed E-state index contributed by atoms with van der Waals surface area (Å²) in [5.74, 6) is 0. The molecular weight excluding hydrogens is 444 g/mol. The zero-order valence-electron chi connectivity index (χ0n) is 18.5. The van der Waals surface area contributed by atoms with E-state index in [-0.39, 0.29) is 0 Å². The summed E-state index contributed by atoms with van der Waals surface area (Å²) >= 11 is 6.19. The van der Waals surface area contributed by atoms with Gasteiger partial charge in [-0.15, -0.1) is 0 Å². The maximum Gasteiger partial charge on any atom is 0.129 e. The number of aryl methyl sites for hydroxylation is 1. The summed E-state index contributed by atoms with van der Waals surface area (Å²) in [6.07, 6.45) is 7.39. The fraction of sp³-hybridized carbons (Fsp3) is 0.143. The number of hydrogen-bond donors (Lipinski definition) is 1. The van der Waals surface area contributed by atoms with Crippen LogP contribution in [-0.4, -0.2) is 14.8 Å². The molecule has 34 heavy (non-hydrogen) atoms. The first-order valence-electron chi connectivity index (χ1n) is 11.4. The Hall–Kier alpha value is -3.67. The van der Waals surface area contributed by atoms with Crippen LogP contribution in [0, 0.1) is 0 Å². The van der Waals surface area contributed by atoms with E-state index in [1.807, 2.05) is 36.5 Å². The van der Waals surface area contributed by atoms with Crippen molar-refractivity contribution in [3.05, 3.63) is 117 Å². The molecule has 2 aliphatic heterocycles. The van der Waals surface area contributed by atoms with Crippen LogP contribution in [0.25, 0.3) is 17.3 Å². The Morgan fingerprint density at radius 3 is 2.74 bits per heavy atom. The van der Waals surface area contributed by atoms with Gasteiger partial charge in [0.05, 0.1) is 36.2 Å². The number of halogens is 1. The zero-order valence-corrected chi connectivity index (χ0v) is 19.3. The second-order valence-corrected chi connectivity index (χ2v) is 8.85. The Balaban J connectivity index is 1.40. The number of anilines is 1. The highest BCUT2D eigenvalue weighted by Gasteiger charge is 2.20. The highest BCUT2D eigenvalue weighted by Crippen LogP contribution is 2.34. The Morgan fingerprint density at radius 2 is 1.85 bits per heavy atom. The smallest absolute Gasteiger partial charge is 0.129 e. The van der Waals surface area contributed by atoms with Gasteiger partial charge in [-0.3, -0.25) is 4.68 Å². The second kappa shape index (κ2) is 8.93. The molecule has 0 fully saturated rings. The summed E-state index contributed by atoms with van der Waals surface area (Å²) in [7, 11) is 0. The normalized spacial score (nSPS) is 15.7. The van der Waals surface area contributed by atoms with Crippen LogP contribution in [0.5, 0.6) is 0 Å². The van der Waals surface area contributed by atoms with Crippen LogP contribution >= 0.6 is 11.6 Å². The van der Waals surface area contributed by atoms with Gasteiger partial charge < -0.3 is 10.1 Å². The molecule has 1 N–H and O–H groups in total. The molecule has 4 heterocycles. The Labute approximate surface area is 202 Å². The van der Waals surface area contributed by atoms with Gasteiger partial charge in [0.2, 0.25) is 0 Å². The van der Waals surface area contributed by atoms with E-state index >= 15 is 0 Å². The third-order valence-electron chi connectivity index (χ3n) is 6.15. The lowest BCUT2D eigenvalue weighted by molar-refractivity contribution is 0.107. The van der Waals surface area contributed by atoms with Gasteiger partial charge in [0.25, 0.3) is 0 Å². The van der Waals surface area contributed by atoms with Crippen LogP contribution in [0.4, 0.5) is 5.69 Å². The van der Waals surface area contributed by atoms with Crippen molar-refractivity contribution in [2.75, 3.05) is 5.32 Å². The molecule has 0 radical (unpaired) electrons. The number of nitrogens with one attached hydrogen (secondary N) is 1. The molecular formula is C28H23ClN4O. The molecule has 6 heteroatoms. The SMILES string of the molecule is Clc1cccc(C2=CC(=c3cnn4c3=CCC4)c3cc(COCc4ccccc4)ccc3N2)n1. The summed E-state index contributed by atoms with van der Waals surface area (Å²) in [4.78, 5) is 4.52. The van der Waals surface area contributed by atoms with Crippen LogP contribution in [0.1, 0.15) is 28.8 Å². The maximum atomic E-state index is 6.19. The summed E-state index contributed by atoms with van der Waals surface area (Å²) in [5, 5.41) is 10.9. The summed E-state index contributed by atoms with van der Waals surface area (Å²) in [6.45, 7) is 2.05. The number of pyridine rings is 1. The highest BCUT2D eigenvalue weighted by atomic mass is 35.5. The van der Waals surface area contributed by atoms with Gasteiger partial charge >= 0.3 is 0 Å². The topological polar surface area (TPSA) is 52.0 Å². The minimum absolute atomic E-state index is 0.471. The van der Waals surface area contributed by atoms with Gasteiger partial charge in [0, 0.05) is 23.0 Å². The molecule has 0 unspecified atom stereocenters. The fourth-order valence-electron chi connectivity index (χ4n) is 4.52. The molecule has 5 nitrogen and oxygen atoms in total. The first-order chi connectivity index (χ1) is 16.7. The first kappa shape index (κ1) is 20.9. The minimum atomic E-state index is 0.471. The molecule has 0 saturated heterocycles. The van der Waals surface area contributed by atoms with Crippen molar-refractivity contribution >= 4 is 34.6 Å². The van der Waals surface area contributed by atoms with Crippen molar-refractivity contribution in [2.24, 2.45) is 0 Å². The number of rotatable bonds is 5. The van der Waals surface area contributed by atoms with Crippen LogP contribution in [0.15, 0.2) is 79.0 Å². The summed E-state index contributed by atoms with van der Waals surface area (Å²) in [5.41, 5.74) is 7.28. The van der Waals surface area contributed by atoms with Crippen molar-refractivity contribution in [3.8, 4) is 0 Å². The van der Waals surface area contributed by atoms with Gasteiger partial charge in [-0.1, -0.05) is 60.1 Å². The van der Waals surface area contributed by atoms with E-state index in [2.05, 4.69) is 62.6 Å². The molecule has 2 aromatic heterocycles. The van der Waals surface area contributed by atoms with Crippen LogP contribution in [0.2, 0.25) is 5.15 Å². The molecule has 2 aromatic carbocycles. The molecule has 0 amide bonds. The van der Waals surface area contributed by atoms with Crippen molar-refractivity contribution in [1.29, 1.82) is 0 Å². The minimum Gasteiger partial charge on any atom is -0.372 e. The molecule has 0 aliphatic carbocycles. The predicted octanol–water partition coefficient (Wildman–Crippen LogP) is 4.50. The van der Waals surface area contributed by atoms with Crippen LogP contribution in [0.3, 0.4) is 0 Å². The second-order valence-electron chi connectivity index (χ2n) is 8.46. The van der Waals surface area contributed by atoms with Crippen molar-refractivity contribution in [3.63, 3.8) is 0 Å². The van der Waals surface area contributed by atoms with Gasteiger partial charge in [0.1, 0.15) is 5.15 Å². The lowest BCUT2D eigenvalue weighted by Crippen LogP contribution is -2.28. The third kappa shape index (κ3) is 4.04. The van der Waals surface area contributed by atoms with Crippen molar-refractivity contribution in [1.82, 2.24) is 14.8 Å². The molecule has 6 rings (SSSR count). The Kier molecular flexibility index (Phi) is 5.49. The monoisotopic (exact) mass is 466 g/mol. The van der Waals surface area contributed by atoms with E-state index < -0.39 is 0 Å². The first-order valence-corrected chi connectivity index (χ1v) is 11.8. The summed E-state index contributed by atoms with van der Waals surface area (Å²) in [6, 6.07) is 22.3. The number of nitrogens with zero attached hydrogens (tertiary/aromatic N) is 3. The molecule has 2 aliphatic rings. The van der Waals surface area contributed by atoms with Gasteiger partial charge in [-0.2, -0.15) is 5.10 Å². The fourth-order valence-corrected chi connectivity index (χ4v) is 4.68. The molecule has 4 aromatic rings. The molecule has 168 valence electrons. The maximum absolute atomic E-state index is 6.19. The van der Waals surface area contributed by atoms with Crippen LogP contribution < -0.4 is 15.9 Å². The molecule has 0 atom stereocenters. The van der Waals surface area contributed by atoms with Crippen LogP contribution in [-0.2, 0) is 24.5 Å². The van der Waals surface area contributed by atoms with Gasteiger partial charge in [-0.05, 0) is 53.5 Å². The van der Waals surface area contributed by atoms with Gasteiger partial charge in [0.15, 0.2) is 0 Å². The van der Waals surface area contributed by atoms with E-state index in [1.165, 1.54) is 10.9 Å². The third-order valence-corrected chi connectivity index (χ3v) is 6.36. The largest absolute Gasteiger partial charge is 0.372 e. The number of ether oxygens (including phenoxy) is 1. The van der Waals surface area contributed by atoms with E-state index in [9.17, 15) is 0 Å².